The van der Waals surface area contributed by atoms with Crippen LogP contribution >= 0.6 is 0 Å². The lowest BCUT2D eigenvalue weighted by Crippen LogP contribution is -2.44. The highest BCUT2D eigenvalue weighted by Crippen LogP contribution is 2.24. The molecule has 2 fully saturated rings. The van der Waals surface area contributed by atoms with E-state index >= 15 is 0 Å². The van der Waals surface area contributed by atoms with Crippen LogP contribution in [0.4, 0.5) is 5.82 Å². The number of carbonyl (C=O) groups excluding carboxylic acids is 1. The van der Waals surface area contributed by atoms with Gasteiger partial charge in [-0.15, -0.1) is 0 Å². The van der Waals surface area contributed by atoms with Crippen molar-refractivity contribution in [2.45, 2.75) is 13.3 Å². The quantitative estimate of drug-likeness (QED) is 0.810. The van der Waals surface area contributed by atoms with Gasteiger partial charge in [-0.3, -0.25) is 4.79 Å². The summed E-state index contributed by atoms with van der Waals surface area (Å²) >= 11 is 0. The molecular formula is C15H21N3O2. The molecule has 0 radical (unpaired) electrons. The Labute approximate surface area is 119 Å². The van der Waals surface area contributed by atoms with Crippen LogP contribution in [0.3, 0.4) is 0 Å². The molecule has 2 aliphatic heterocycles. The summed E-state index contributed by atoms with van der Waals surface area (Å²) in [7, 11) is 0. The fourth-order valence-corrected chi connectivity index (χ4v) is 2.86. The first-order chi connectivity index (χ1) is 9.74. The molecule has 1 amide bonds. The van der Waals surface area contributed by atoms with Crippen LogP contribution in [0.2, 0.25) is 0 Å². The summed E-state index contributed by atoms with van der Waals surface area (Å²) in [4.78, 5) is 21.1. The Balaban J connectivity index is 1.61. The first kappa shape index (κ1) is 13.4. The van der Waals surface area contributed by atoms with Gasteiger partial charge in [-0.25, -0.2) is 4.98 Å². The van der Waals surface area contributed by atoms with Gasteiger partial charge in [0, 0.05) is 32.4 Å². The van der Waals surface area contributed by atoms with E-state index in [1.54, 1.807) is 0 Å². The number of anilines is 1. The second-order valence-corrected chi connectivity index (χ2v) is 5.56. The number of nitrogens with zero attached hydrogens (tertiary/aromatic N) is 3. The number of aromatic nitrogens is 1. The van der Waals surface area contributed by atoms with Crippen LogP contribution in [0, 0.1) is 12.8 Å². The van der Waals surface area contributed by atoms with Crippen molar-refractivity contribution in [3.63, 3.8) is 0 Å². The molecule has 1 aromatic rings. The maximum absolute atomic E-state index is 12.5. The van der Waals surface area contributed by atoms with Crippen molar-refractivity contribution in [2.75, 3.05) is 44.3 Å². The lowest BCUT2D eigenvalue weighted by atomic mass is 10.1. The maximum atomic E-state index is 12.5. The molecule has 5 heteroatoms. The molecule has 1 aromatic heterocycles. The highest BCUT2D eigenvalue weighted by molar-refractivity contribution is 5.80. The summed E-state index contributed by atoms with van der Waals surface area (Å²) in [5.74, 6) is 1.37. The van der Waals surface area contributed by atoms with Crippen molar-refractivity contribution in [1.82, 2.24) is 9.88 Å². The standard InChI is InChI=1S/C15H21N3O2/c1-12-2-3-14(16-10-12)18-5-4-13(11-18)15(19)17-6-8-20-9-7-17/h2-3,10,13H,4-9,11H2,1H3. The van der Waals surface area contributed by atoms with Gasteiger partial charge in [0.25, 0.3) is 0 Å². The minimum Gasteiger partial charge on any atom is -0.378 e. The Morgan fingerprint density at radius 2 is 2.10 bits per heavy atom. The highest BCUT2D eigenvalue weighted by Gasteiger charge is 2.32. The Morgan fingerprint density at radius 1 is 1.30 bits per heavy atom. The highest BCUT2D eigenvalue weighted by atomic mass is 16.5. The van der Waals surface area contributed by atoms with Gasteiger partial charge in [-0.05, 0) is 25.0 Å². The predicted octanol–water partition coefficient (Wildman–Crippen LogP) is 1.08. The molecular weight excluding hydrogens is 254 g/mol. The minimum absolute atomic E-state index is 0.108. The van der Waals surface area contributed by atoms with Gasteiger partial charge < -0.3 is 14.5 Å². The van der Waals surface area contributed by atoms with Crippen molar-refractivity contribution in [1.29, 1.82) is 0 Å². The number of amides is 1. The summed E-state index contributed by atoms with van der Waals surface area (Å²) in [5, 5.41) is 0. The van der Waals surface area contributed by atoms with Gasteiger partial charge in [0.1, 0.15) is 5.82 Å². The number of rotatable bonds is 2. The summed E-state index contributed by atoms with van der Waals surface area (Å²) < 4.78 is 5.30. The van der Waals surface area contributed by atoms with Crippen LogP contribution in [-0.4, -0.2) is 55.2 Å². The van der Waals surface area contributed by atoms with Crippen LogP contribution in [0.15, 0.2) is 18.3 Å². The molecule has 0 spiro atoms. The van der Waals surface area contributed by atoms with Crippen molar-refractivity contribution >= 4 is 11.7 Å². The van der Waals surface area contributed by atoms with Crippen molar-refractivity contribution in [2.24, 2.45) is 5.92 Å². The van der Waals surface area contributed by atoms with Crippen molar-refractivity contribution in [3.05, 3.63) is 23.9 Å². The second-order valence-electron chi connectivity index (χ2n) is 5.56. The summed E-state index contributed by atoms with van der Waals surface area (Å²) in [6.45, 7) is 6.54. The number of aryl methyl sites for hydroxylation is 1. The predicted molar refractivity (Wildman–Crippen MR) is 76.7 cm³/mol. The molecule has 0 aliphatic carbocycles. The van der Waals surface area contributed by atoms with E-state index in [1.807, 2.05) is 24.1 Å². The van der Waals surface area contributed by atoms with Crippen LogP contribution in [-0.2, 0) is 9.53 Å². The van der Waals surface area contributed by atoms with E-state index < -0.39 is 0 Å². The topological polar surface area (TPSA) is 45.7 Å². The smallest absolute Gasteiger partial charge is 0.227 e. The molecule has 20 heavy (non-hydrogen) atoms. The minimum atomic E-state index is 0.108. The van der Waals surface area contributed by atoms with E-state index in [0.29, 0.717) is 13.2 Å². The third kappa shape index (κ3) is 2.77. The SMILES string of the molecule is Cc1ccc(N2CCC(C(=O)N3CCOCC3)C2)nc1. The molecule has 1 unspecified atom stereocenters. The van der Waals surface area contributed by atoms with Crippen molar-refractivity contribution < 1.29 is 9.53 Å². The molecule has 0 N–H and O–H groups in total. The maximum Gasteiger partial charge on any atom is 0.227 e. The summed E-state index contributed by atoms with van der Waals surface area (Å²) in [6, 6.07) is 4.11. The normalized spacial score (nSPS) is 23.1. The van der Waals surface area contributed by atoms with Gasteiger partial charge in [-0.2, -0.15) is 0 Å². The molecule has 2 saturated heterocycles. The number of carbonyl (C=O) groups is 1. The third-order valence-electron chi connectivity index (χ3n) is 4.08. The molecule has 0 saturated carbocycles. The Hall–Kier alpha value is -1.62. The monoisotopic (exact) mass is 275 g/mol. The Kier molecular flexibility index (Phi) is 3.87. The molecule has 0 aromatic carbocycles. The lowest BCUT2D eigenvalue weighted by molar-refractivity contribution is -0.138. The van der Waals surface area contributed by atoms with Crippen molar-refractivity contribution in [3.8, 4) is 0 Å². The number of morpholine rings is 1. The zero-order chi connectivity index (χ0) is 13.9. The first-order valence-electron chi connectivity index (χ1n) is 7.28. The van der Waals surface area contributed by atoms with E-state index in [4.69, 9.17) is 4.74 Å². The molecule has 5 nitrogen and oxygen atoms in total. The average Bonchev–Trinajstić information content (AvgIpc) is 2.98. The zero-order valence-corrected chi connectivity index (χ0v) is 11.9. The number of hydrogen-bond acceptors (Lipinski definition) is 4. The zero-order valence-electron chi connectivity index (χ0n) is 11.9. The van der Waals surface area contributed by atoms with Crippen LogP contribution in [0.25, 0.3) is 0 Å². The van der Waals surface area contributed by atoms with Gasteiger partial charge in [0.05, 0.1) is 19.1 Å². The molecule has 108 valence electrons. The molecule has 0 bridgehead atoms. The number of ether oxygens (including phenoxy) is 1. The second kappa shape index (κ2) is 5.79. The van der Waals surface area contributed by atoms with E-state index in [-0.39, 0.29) is 11.8 Å². The van der Waals surface area contributed by atoms with Gasteiger partial charge in [0.15, 0.2) is 0 Å². The summed E-state index contributed by atoms with van der Waals surface area (Å²) in [5.41, 5.74) is 1.16. The Morgan fingerprint density at radius 3 is 2.80 bits per heavy atom. The fraction of sp³-hybridized carbons (Fsp3) is 0.600. The van der Waals surface area contributed by atoms with Gasteiger partial charge in [0.2, 0.25) is 5.91 Å². The molecule has 2 aliphatic rings. The average molecular weight is 275 g/mol. The lowest BCUT2D eigenvalue weighted by Gasteiger charge is -2.29. The largest absolute Gasteiger partial charge is 0.378 e. The third-order valence-corrected chi connectivity index (χ3v) is 4.08. The summed E-state index contributed by atoms with van der Waals surface area (Å²) in [6.07, 6.45) is 2.80. The van der Waals surface area contributed by atoms with E-state index in [1.165, 1.54) is 0 Å². The van der Waals surface area contributed by atoms with E-state index in [2.05, 4.69) is 16.0 Å². The number of hydrogen-bond donors (Lipinski definition) is 0. The van der Waals surface area contributed by atoms with Gasteiger partial charge >= 0.3 is 0 Å². The number of pyridine rings is 1. The Bertz CT molecular complexity index is 469. The van der Waals surface area contributed by atoms with E-state index in [0.717, 1.165) is 44.0 Å². The fourth-order valence-electron chi connectivity index (χ4n) is 2.86. The molecule has 3 rings (SSSR count). The van der Waals surface area contributed by atoms with Crippen LogP contribution < -0.4 is 4.90 Å². The van der Waals surface area contributed by atoms with E-state index in [9.17, 15) is 4.79 Å². The van der Waals surface area contributed by atoms with Crippen LogP contribution in [0.5, 0.6) is 0 Å². The van der Waals surface area contributed by atoms with Crippen LogP contribution in [0.1, 0.15) is 12.0 Å². The van der Waals surface area contributed by atoms with Gasteiger partial charge in [-0.1, -0.05) is 6.07 Å². The molecule has 3 heterocycles. The molecule has 1 atom stereocenters. The first-order valence-corrected chi connectivity index (χ1v) is 7.28.